The van der Waals surface area contributed by atoms with Crippen molar-refractivity contribution in [2.75, 3.05) is 11.9 Å². The zero-order valence-corrected chi connectivity index (χ0v) is 16.9. The Morgan fingerprint density at radius 1 is 1.18 bits per heavy atom. The highest BCUT2D eigenvalue weighted by atomic mass is 79.9. The molecule has 7 heteroatoms. The molecule has 2 N–H and O–H groups in total. The minimum Gasteiger partial charge on any atom is -0.352 e. The maximum atomic E-state index is 12.9. The number of amides is 2. The van der Waals surface area contributed by atoms with Gasteiger partial charge in [-0.15, -0.1) is 0 Å². The number of halogens is 1. The van der Waals surface area contributed by atoms with Gasteiger partial charge < -0.3 is 10.6 Å². The van der Waals surface area contributed by atoms with Gasteiger partial charge in [-0.3, -0.25) is 9.59 Å². The molecule has 0 radical (unpaired) electrons. The number of aryl methyl sites for hydroxylation is 2. The van der Waals surface area contributed by atoms with Crippen molar-refractivity contribution in [2.24, 2.45) is 0 Å². The number of nitrogens with one attached hydrogen (secondary N) is 2. The molecule has 1 aliphatic heterocycles. The van der Waals surface area contributed by atoms with E-state index in [1.54, 1.807) is 16.8 Å². The van der Waals surface area contributed by atoms with E-state index in [2.05, 4.69) is 31.7 Å². The van der Waals surface area contributed by atoms with Crippen molar-refractivity contribution < 1.29 is 9.59 Å². The third kappa shape index (κ3) is 3.71. The van der Waals surface area contributed by atoms with Crippen molar-refractivity contribution in [1.29, 1.82) is 0 Å². The Balaban J connectivity index is 1.63. The Bertz CT molecular complexity index is 1060. The molecule has 4 rings (SSSR count). The van der Waals surface area contributed by atoms with Gasteiger partial charge in [-0.1, -0.05) is 23.8 Å². The number of hydrogen-bond acceptors (Lipinski definition) is 3. The second-order valence-electron chi connectivity index (χ2n) is 6.79. The van der Waals surface area contributed by atoms with E-state index in [0.717, 1.165) is 29.7 Å². The maximum Gasteiger partial charge on any atom is 0.274 e. The molecule has 28 heavy (non-hydrogen) atoms. The molecule has 1 aromatic heterocycles. The van der Waals surface area contributed by atoms with Gasteiger partial charge in [0.2, 0.25) is 0 Å². The van der Waals surface area contributed by atoms with Crippen LogP contribution in [0.1, 0.15) is 38.4 Å². The molecular formula is C21H19BrN4O2. The van der Waals surface area contributed by atoms with Crippen molar-refractivity contribution in [3.63, 3.8) is 0 Å². The summed E-state index contributed by atoms with van der Waals surface area (Å²) in [7, 11) is 0. The van der Waals surface area contributed by atoms with Gasteiger partial charge in [-0.25, -0.2) is 4.68 Å². The number of aromatic nitrogens is 2. The summed E-state index contributed by atoms with van der Waals surface area (Å²) in [4.78, 5) is 25.2. The highest BCUT2D eigenvalue weighted by molar-refractivity contribution is 9.10. The number of hydrogen-bond donors (Lipinski definition) is 2. The lowest BCUT2D eigenvalue weighted by Gasteiger charge is -2.11. The summed E-state index contributed by atoms with van der Waals surface area (Å²) in [6, 6.07) is 14.9. The quantitative estimate of drug-likeness (QED) is 0.651. The highest BCUT2D eigenvalue weighted by Crippen LogP contribution is 2.22. The predicted molar refractivity (Wildman–Crippen MR) is 111 cm³/mol. The van der Waals surface area contributed by atoms with E-state index in [-0.39, 0.29) is 11.8 Å². The summed E-state index contributed by atoms with van der Waals surface area (Å²) in [6.07, 6.45) is 1.75. The summed E-state index contributed by atoms with van der Waals surface area (Å²) in [5, 5.41) is 10.1. The Hall–Kier alpha value is -2.93. The van der Waals surface area contributed by atoms with Crippen LogP contribution in [0.4, 0.5) is 5.69 Å². The van der Waals surface area contributed by atoms with Crippen molar-refractivity contribution in [3.8, 4) is 5.69 Å². The lowest BCUT2D eigenvalue weighted by atomic mass is 10.0. The van der Waals surface area contributed by atoms with Crippen LogP contribution in [0.5, 0.6) is 0 Å². The molecule has 0 atom stereocenters. The van der Waals surface area contributed by atoms with Crippen LogP contribution >= 0.6 is 15.9 Å². The fourth-order valence-electron chi connectivity index (χ4n) is 3.25. The molecule has 2 amide bonds. The first-order valence-corrected chi connectivity index (χ1v) is 9.85. The third-order valence-corrected chi connectivity index (χ3v) is 5.10. The molecule has 0 fully saturated rings. The van der Waals surface area contributed by atoms with E-state index in [4.69, 9.17) is 0 Å². The van der Waals surface area contributed by atoms with Gasteiger partial charge in [0.1, 0.15) is 10.3 Å². The van der Waals surface area contributed by atoms with E-state index in [1.807, 2.05) is 43.3 Å². The number of rotatable bonds is 3. The smallest absolute Gasteiger partial charge is 0.274 e. The Labute approximate surface area is 171 Å². The fraction of sp³-hybridized carbons (Fsp3) is 0.190. The minimum atomic E-state index is -0.298. The zero-order valence-electron chi connectivity index (χ0n) is 15.3. The molecule has 0 saturated heterocycles. The molecular weight excluding hydrogens is 420 g/mol. The maximum absolute atomic E-state index is 12.9. The first kappa shape index (κ1) is 18.4. The van der Waals surface area contributed by atoms with Crippen molar-refractivity contribution in [1.82, 2.24) is 15.1 Å². The number of anilines is 1. The first-order valence-electron chi connectivity index (χ1n) is 9.06. The molecule has 0 aliphatic carbocycles. The molecule has 0 spiro atoms. The molecule has 6 nitrogen and oxygen atoms in total. The molecule has 0 bridgehead atoms. The summed E-state index contributed by atoms with van der Waals surface area (Å²) in [5.74, 6) is -0.399. The minimum absolute atomic E-state index is 0.101. The molecule has 142 valence electrons. The van der Waals surface area contributed by atoms with Crippen LogP contribution < -0.4 is 10.6 Å². The van der Waals surface area contributed by atoms with E-state index < -0.39 is 0 Å². The second-order valence-corrected chi connectivity index (χ2v) is 7.60. The number of benzene rings is 2. The molecule has 2 heterocycles. The standard InChI is InChI=1S/C21H19BrN4O2/c1-13-4-8-16(9-5-13)26-18(12-19(22)25-26)21(28)24-15-7-6-14-3-2-10-23-20(27)17(14)11-15/h4-9,11-12H,2-3,10H2,1H3,(H,23,27)(H,24,28). The molecule has 3 aromatic rings. The average Bonchev–Trinajstić information content (AvgIpc) is 2.98. The molecule has 0 unspecified atom stereocenters. The van der Waals surface area contributed by atoms with Crippen LogP contribution in [0.3, 0.4) is 0 Å². The number of carbonyl (C=O) groups is 2. The summed E-state index contributed by atoms with van der Waals surface area (Å²) < 4.78 is 2.16. The van der Waals surface area contributed by atoms with Gasteiger partial charge >= 0.3 is 0 Å². The fourth-order valence-corrected chi connectivity index (χ4v) is 3.63. The Morgan fingerprint density at radius 3 is 2.75 bits per heavy atom. The summed E-state index contributed by atoms with van der Waals surface area (Å²) in [5.41, 5.74) is 4.51. The first-order chi connectivity index (χ1) is 13.5. The van der Waals surface area contributed by atoms with Crippen molar-refractivity contribution >= 4 is 33.4 Å². The average molecular weight is 439 g/mol. The van der Waals surface area contributed by atoms with Crippen molar-refractivity contribution in [2.45, 2.75) is 19.8 Å². The van der Waals surface area contributed by atoms with Gasteiger partial charge in [0.15, 0.2) is 0 Å². The van der Waals surface area contributed by atoms with Crippen LogP contribution in [-0.4, -0.2) is 28.1 Å². The van der Waals surface area contributed by atoms with Crippen LogP contribution in [0.25, 0.3) is 5.69 Å². The number of carbonyl (C=O) groups excluding carboxylic acids is 2. The van der Waals surface area contributed by atoms with E-state index in [0.29, 0.717) is 28.1 Å². The zero-order chi connectivity index (χ0) is 19.7. The van der Waals surface area contributed by atoms with E-state index in [9.17, 15) is 9.59 Å². The molecule has 0 saturated carbocycles. The molecule has 2 aromatic carbocycles. The van der Waals surface area contributed by atoms with Crippen LogP contribution in [0.2, 0.25) is 0 Å². The van der Waals surface area contributed by atoms with Crippen LogP contribution in [0.15, 0.2) is 53.1 Å². The monoisotopic (exact) mass is 438 g/mol. The van der Waals surface area contributed by atoms with Gasteiger partial charge in [0, 0.05) is 23.9 Å². The predicted octanol–water partition coefficient (Wildman–Crippen LogP) is 3.87. The number of fused-ring (bicyclic) bond motifs is 1. The lowest BCUT2D eigenvalue weighted by molar-refractivity contribution is 0.0954. The van der Waals surface area contributed by atoms with E-state index >= 15 is 0 Å². The third-order valence-electron chi connectivity index (χ3n) is 4.71. The van der Waals surface area contributed by atoms with E-state index in [1.165, 1.54) is 0 Å². The van der Waals surface area contributed by atoms with Gasteiger partial charge in [0.25, 0.3) is 11.8 Å². The SMILES string of the molecule is Cc1ccc(-n2nc(Br)cc2C(=O)Nc2ccc3c(c2)C(=O)NCCC3)cc1. The Morgan fingerprint density at radius 2 is 1.96 bits per heavy atom. The number of nitrogens with zero attached hydrogens (tertiary/aromatic N) is 2. The summed E-state index contributed by atoms with van der Waals surface area (Å²) >= 11 is 3.35. The van der Waals surface area contributed by atoms with Gasteiger partial charge in [-0.2, -0.15) is 5.10 Å². The topological polar surface area (TPSA) is 76.0 Å². The van der Waals surface area contributed by atoms with Gasteiger partial charge in [-0.05, 0) is 65.5 Å². The molecule has 1 aliphatic rings. The Kier molecular flexibility index (Phi) is 5.00. The van der Waals surface area contributed by atoms with Crippen LogP contribution in [-0.2, 0) is 6.42 Å². The lowest BCUT2D eigenvalue weighted by Crippen LogP contribution is -2.23. The largest absolute Gasteiger partial charge is 0.352 e. The summed E-state index contributed by atoms with van der Waals surface area (Å²) in [6.45, 7) is 2.67. The second kappa shape index (κ2) is 7.59. The van der Waals surface area contributed by atoms with Crippen LogP contribution in [0, 0.1) is 6.92 Å². The van der Waals surface area contributed by atoms with Gasteiger partial charge in [0.05, 0.1) is 5.69 Å². The normalized spacial score (nSPS) is 13.4. The highest BCUT2D eigenvalue weighted by Gasteiger charge is 2.19. The van der Waals surface area contributed by atoms with Crippen molar-refractivity contribution in [3.05, 3.63) is 75.5 Å².